The molecule has 4 heteroatoms. The normalized spacial score (nSPS) is 38.2. The van der Waals surface area contributed by atoms with Crippen molar-refractivity contribution in [3.8, 4) is 0 Å². The van der Waals surface area contributed by atoms with Crippen molar-refractivity contribution in [1.82, 2.24) is 10.6 Å². The van der Waals surface area contributed by atoms with Gasteiger partial charge in [0.15, 0.2) is 0 Å². The maximum atomic E-state index is 8.70. The largest absolute Gasteiger partial charge is 0.396 e. The lowest BCUT2D eigenvalue weighted by Crippen LogP contribution is -2.13. The highest BCUT2D eigenvalue weighted by atomic mass is 16.3. The van der Waals surface area contributed by atoms with E-state index in [4.69, 9.17) is 10.2 Å². The van der Waals surface area contributed by atoms with Crippen molar-refractivity contribution in [2.45, 2.75) is 13.8 Å². The summed E-state index contributed by atoms with van der Waals surface area (Å²) in [6.45, 7) is 9.16. The van der Waals surface area contributed by atoms with Crippen LogP contribution in [0.5, 0.6) is 0 Å². The maximum Gasteiger partial charge on any atom is 0.0474 e. The van der Waals surface area contributed by atoms with Gasteiger partial charge in [-0.05, 0) is 36.8 Å². The molecule has 0 aromatic rings. The number of nitrogens with one attached hydrogen (secondary N) is 2. The molecule has 2 heterocycles. The molecule has 0 bridgehead atoms. The Hall–Kier alpha value is -0.160. The third-order valence-electron chi connectivity index (χ3n) is 3.82. The first-order valence-corrected chi connectivity index (χ1v) is 6.32. The van der Waals surface area contributed by atoms with Crippen LogP contribution in [0.1, 0.15) is 13.8 Å². The molecule has 4 N–H and O–H groups in total. The molecular formula is C12H26N2O2. The lowest BCUT2D eigenvalue weighted by molar-refractivity contribution is 0.211. The van der Waals surface area contributed by atoms with Crippen molar-refractivity contribution in [3.05, 3.63) is 0 Å². The van der Waals surface area contributed by atoms with Crippen LogP contribution in [0.15, 0.2) is 0 Å². The molecule has 2 fully saturated rings. The third kappa shape index (κ3) is 4.01. The second-order valence-electron chi connectivity index (χ2n) is 5.16. The van der Waals surface area contributed by atoms with E-state index in [9.17, 15) is 0 Å². The molecule has 2 aliphatic heterocycles. The van der Waals surface area contributed by atoms with Gasteiger partial charge < -0.3 is 20.8 Å². The summed E-state index contributed by atoms with van der Waals surface area (Å²) in [6.07, 6.45) is 0. The molecule has 4 atom stereocenters. The average Bonchev–Trinajstić information content (AvgIpc) is 2.87. The van der Waals surface area contributed by atoms with E-state index in [1.165, 1.54) is 0 Å². The predicted octanol–water partition coefficient (Wildman–Crippen LogP) is -0.332. The van der Waals surface area contributed by atoms with Crippen LogP contribution < -0.4 is 10.6 Å². The minimum atomic E-state index is 0.341. The van der Waals surface area contributed by atoms with Gasteiger partial charge in [0.05, 0.1) is 0 Å². The van der Waals surface area contributed by atoms with Crippen LogP contribution in [0, 0.1) is 23.7 Å². The van der Waals surface area contributed by atoms with Crippen molar-refractivity contribution in [1.29, 1.82) is 0 Å². The summed E-state index contributed by atoms with van der Waals surface area (Å²) in [5.74, 6) is 2.35. The molecule has 2 rings (SSSR count). The van der Waals surface area contributed by atoms with Gasteiger partial charge in [-0.1, -0.05) is 13.8 Å². The van der Waals surface area contributed by atoms with Crippen LogP contribution in [-0.2, 0) is 0 Å². The van der Waals surface area contributed by atoms with Crippen molar-refractivity contribution in [3.63, 3.8) is 0 Å². The molecule has 0 aromatic carbocycles. The van der Waals surface area contributed by atoms with Gasteiger partial charge in [-0.15, -0.1) is 0 Å². The summed E-state index contributed by atoms with van der Waals surface area (Å²) in [4.78, 5) is 0. The van der Waals surface area contributed by atoms with E-state index in [2.05, 4.69) is 24.5 Å². The van der Waals surface area contributed by atoms with Gasteiger partial charge in [-0.25, -0.2) is 0 Å². The lowest BCUT2D eigenvalue weighted by Gasteiger charge is -2.07. The van der Waals surface area contributed by atoms with Crippen molar-refractivity contribution >= 4 is 0 Å². The molecule has 0 aromatic heterocycles. The van der Waals surface area contributed by atoms with Crippen LogP contribution in [-0.4, -0.2) is 49.6 Å². The fourth-order valence-electron chi connectivity index (χ4n) is 2.22. The van der Waals surface area contributed by atoms with E-state index in [0.29, 0.717) is 36.9 Å². The van der Waals surface area contributed by atoms with Crippen molar-refractivity contribution in [2.75, 3.05) is 39.4 Å². The van der Waals surface area contributed by atoms with Gasteiger partial charge in [0.25, 0.3) is 0 Å². The highest BCUT2D eigenvalue weighted by molar-refractivity contribution is 4.77. The topological polar surface area (TPSA) is 64.5 Å². The van der Waals surface area contributed by atoms with E-state index in [0.717, 1.165) is 26.2 Å². The second kappa shape index (κ2) is 7.22. The van der Waals surface area contributed by atoms with Gasteiger partial charge >= 0.3 is 0 Å². The molecule has 0 aliphatic carbocycles. The van der Waals surface area contributed by atoms with Gasteiger partial charge in [-0.3, -0.25) is 0 Å². The highest BCUT2D eigenvalue weighted by Crippen LogP contribution is 2.14. The second-order valence-corrected chi connectivity index (χ2v) is 5.16. The summed E-state index contributed by atoms with van der Waals surface area (Å²) < 4.78 is 0. The number of aliphatic hydroxyl groups excluding tert-OH is 2. The molecule has 2 saturated heterocycles. The van der Waals surface area contributed by atoms with Crippen LogP contribution >= 0.6 is 0 Å². The van der Waals surface area contributed by atoms with E-state index in [-0.39, 0.29) is 0 Å². The lowest BCUT2D eigenvalue weighted by atomic mass is 10.00. The van der Waals surface area contributed by atoms with Gasteiger partial charge in [0.2, 0.25) is 0 Å². The molecule has 0 radical (unpaired) electrons. The van der Waals surface area contributed by atoms with E-state index < -0.39 is 0 Å². The summed E-state index contributed by atoms with van der Waals surface area (Å²) >= 11 is 0. The van der Waals surface area contributed by atoms with Crippen LogP contribution in [0.4, 0.5) is 0 Å². The Kier molecular flexibility index (Phi) is 6.28. The first-order chi connectivity index (χ1) is 7.69. The first kappa shape index (κ1) is 13.9. The molecule has 96 valence electrons. The summed E-state index contributed by atoms with van der Waals surface area (Å²) in [7, 11) is 0. The Morgan fingerprint density at radius 3 is 1.31 bits per heavy atom. The smallest absolute Gasteiger partial charge is 0.0474 e. The third-order valence-corrected chi connectivity index (χ3v) is 3.82. The molecule has 2 aliphatic rings. The highest BCUT2D eigenvalue weighted by Gasteiger charge is 2.21. The zero-order chi connectivity index (χ0) is 12.0. The summed E-state index contributed by atoms with van der Waals surface area (Å²) in [5.41, 5.74) is 0. The van der Waals surface area contributed by atoms with Crippen LogP contribution in [0.25, 0.3) is 0 Å². The minimum absolute atomic E-state index is 0.341. The van der Waals surface area contributed by atoms with E-state index in [1.807, 2.05) is 0 Å². The van der Waals surface area contributed by atoms with Crippen molar-refractivity contribution < 1.29 is 10.2 Å². The standard InChI is InChI=1S/2C6H13NO/c2*1-5-2-7-3-6(5)4-8/h2*5-8H,2-4H2,1H3/t2*5-,6+/m10/s1. The molecule has 0 amide bonds. The molecule has 16 heavy (non-hydrogen) atoms. The molecule has 0 saturated carbocycles. The van der Waals surface area contributed by atoms with Crippen LogP contribution in [0.3, 0.4) is 0 Å². The Morgan fingerprint density at radius 1 is 0.812 bits per heavy atom. The quantitative estimate of drug-likeness (QED) is 0.524. The zero-order valence-electron chi connectivity index (χ0n) is 10.4. The fourth-order valence-corrected chi connectivity index (χ4v) is 2.22. The molecule has 0 spiro atoms. The monoisotopic (exact) mass is 230 g/mol. The molecular weight excluding hydrogens is 204 g/mol. The number of hydrogen-bond donors (Lipinski definition) is 4. The number of aliphatic hydroxyl groups is 2. The maximum absolute atomic E-state index is 8.70. The van der Waals surface area contributed by atoms with Gasteiger partial charge in [0.1, 0.15) is 0 Å². The Balaban J connectivity index is 0.000000160. The van der Waals surface area contributed by atoms with Crippen LogP contribution in [0.2, 0.25) is 0 Å². The van der Waals surface area contributed by atoms with E-state index >= 15 is 0 Å². The van der Waals surface area contributed by atoms with Gasteiger partial charge in [0, 0.05) is 26.3 Å². The van der Waals surface area contributed by atoms with E-state index in [1.54, 1.807) is 0 Å². The summed E-state index contributed by atoms with van der Waals surface area (Å²) in [5, 5.41) is 23.8. The fraction of sp³-hybridized carbons (Fsp3) is 1.00. The minimum Gasteiger partial charge on any atom is -0.396 e. The molecule has 4 nitrogen and oxygen atoms in total. The number of hydrogen-bond acceptors (Lipinski definition) is 4. The Morgan fingerprint density at radius 2 is 1.19 bits per heavy atom. The van der Waals surface area contributed by atoms with Crippen molar-refractivity contribution in [2.24, 2.45) is 23.7 Å². The summed E-state index contributed by atoms with van der Waals surface area (Å²) in [6, 6.07) is 0. The predicted molar refractivity (Wildman–Crippen MR) is 65.2 cm³/mol. The zero-order valence-corrected chi connectivity index (χ0v) is 10.4. The Bertz CT molecular complexity index is 170. The first-order valence-electron chi connectivity index (χ1n) is 6.32. The SMILES string of the molecule is C[C@@H]1CNC[C@H]1CO.C[C@H]1CNC[C@@H]1CO. The average molecular weight is 230 g/mol. The van der Waals surface area contributed by atoms with Gasteiger partial charge in [-0.2, -0.15) is 0 Å². The number of rotatable bonds is 2. The molecule has 0 unspecified atom stereocenters. The Labute approximate surface area is 98.4 Å².